The van der Waals surface area contributed by atoms with Gasteiger partial charge in [-0.2, -0.15) is 5.10 Å². The predicted octanol–water partition coefficient (Wildman–Crippen LogP) is 3.65. The topological polar surface area (TPSA) is 29.9 Å². The van der Waals surface area contributed by atoms with Crippen LogP contribution in [0.5, 0.6) is 0 Å². The zero-order chi connectivity index (χ0) is 14.7. The summed E-state index contributed by atoms with van der Waals surface area (Å²) in [5, 5.41) is 7.94. The third-order valence-electron chi connectivity index (χ3n) is 4.12. The number of aromatic nitrogens is 2. The van der Waals surface area contributed by atoms with E-state index in [1.165, 1.54) is 28.4 Å². The molecule has 0 spiro atoms. The van der Waals surface area contributed by atoms with Crippen molar-refractivity contribution in [3.8, 4) is 0 Å². The molecule has 1 aromatic carbocycles. The van der Waals surface area contributed by atoms with E-state index in [1.54, 1.807) is 0 Å². The Labute approximate surface area is 134 Å². The maximum Gasteiger partial charge on any atom is 0.0521 e. The van der Waals surface area contributed by atoms with Gasteiger partial charge in [-0.25, -0.2) is 0 Å². The first-order valence-corrected chi connectivity index (χ1v) is 8.47. The van der Waals surface area contributed by atoms with Gasteiger partial charge < -0.3 is 5.32 Å². The molecule has 0 aliphatic heterocycles. The highest BCUT2D eigenvalue weighted by atomic mass is 79.9. The van der Waals surface area contributed by atoms with Crippen LogP contribution in [-0.2, 0) is 13.5 Å². The standard InChI is InChI=1S/C17H22BrN3/c1-21-12-13(10-20-21)6-7-14(11-19-15-8-9-15)16-4-2-3-5-17(16)18/h2-5,10,12,14-15,19H,6-9,11H2,1H3. The largest absolute Gasteiger partial charge is 0.313 e. The Morgan fingerprint density at radius 1 is 1.38 bits per heavy atom. The van der Waals surface area contributed by atoms with E-state index >= 15 is 0 Å². The average Bonchev–Trinajstić information content (AvgIpc) is 3.21. The number of rotatable bonds is 7. The molecule has 0 saturated heterocycles. The predicted molar refractivity (Wildman–Crippen MR) is 89.4 cm³/mol. The molecule has 21 heavy (non-hydrogen) atoms. The van der Waals surface area contributed by atoms with Crippen molar-refractivity contribution in [2.75, 3.05) is 6.54 Å². The minimum Gasteiger partial charge on any atom is -0.313 e. The highest BCUT2D eigenvalue weighted by Crippen LogP contribution is 2.29. The summed E-state index contributed by atoms with van der Waals surface area (Å²) in [6.07, 6.45) is 8.99. The third-order valence-corrected chi connectivity index (χ3v) is 4.84. The lowest BCUT2D eigenvalue weighted by atomic mass is 9.93. The van der Waals surface area contributed by atoms with Crippen molar-refractivity contribution in [2.24, 2.45) is 7.05 Å². The minimum absolute atomic E-state index is 0.543. The fourth-order valence-corrected chi connectivity index (χ4v) is 3.32. The van der Waals surface area contributed by atoms with Gasteiger partial charge in [0.15, 0.2) is 0 Å². The third kappa shape index (κ3) is 4.17. The van der Waals surface area contributed by atoms with Gasteiger partial charge in [-0.15, -0.1) is 0 Å². The molecule has 0 radical (unpaired) electrons. The quantitative estimate of drug-likeness (QED) is 0.828. The Bertz CT molecular complexity index is 589. The number of hydrogen-bond acceptors (Lipinski definition) is 2. The van der Waals surface area contributed by atoms with Crippen molar-refractivity contribution in [2.45, 2.75) is 37.6 Å². The van der Waals surface area contributed by atoms with E-state index in [9.17, 15) is 0 Å². The molecule has 1 atom stereocenters. The molecule has 1 aromatic heterocycles. The maximum atomic E-state index is 4.26. The van der Waals surface area contributed by atoms with E-state index in [2.05, 4.69) is 56.8 Å². The Hall–Kier alpha value is -1.13. The number of benzene rings is 1. The van der Waals surface area contributed by atoms with Crippen molar-refractivity contribution >= 4 is 15.9 Å². The molecule has 1 fully saturated rings. The van der Waals surface area contributed by atoms with Gasteiger partial charge >= 0.3 is 0 Å². The number of aryl methyl sites for hydroxylation is 2. The van der Waals surface area contributed by atoms with Crippen LogP contribution in [0.25, 0.3) is 0 Å². The van der Waals surface area contributed by atoms with Crippen LogP contribution in [0.3, 0.4) is 0 Å². The molecule has 1 aliphatic carbocycles. The van der Waals surface area contributed by atoms with Crippen LogP contribution in [0, 0.1) is 0 Å². The SMILES string of the molecule is Cn1cc(CCC(CNC2CC2)c2ccccc2Br)cn1. The van der Waals surface area contributed by atoms with E-state index in [-0.39, 0.29) is 0 Å². The van der Waals surface area contributed by atoms with Gasteiger partial charge in [0.2, 0.25) is 0 Å². The molecule has 3 rings (SSSR count). The first kappa shape index (κ1) is 14.8. The molecule has 0 amide bonds. The average molecular weight is 348 g/mol. The summed E-state index contributed by atoms with van der Waals surface area (Å²) in [5.74, 6) is 0.543. The van der Waals surface area contributed by atoms with Gasteiger partial charge in [0, 0.05) is 30.3 Å². The molecule has 2 aromatic rings. The highest BCUT2D eigenvalue weighted by Gasteiger charge is 2.23. The Kier molecular flexibility index (Phi) is 4.76. The van der Waals surface area contributed by atoms with Crippen molar-refractivity contribution in [1.82, 2.24) is 15.1 Å². The van der Waals surface area contributed by atoms with E-state index in [0.717, 1.165) is 25.4 Å². The molecule has 1 N–H and O–H groups in total. The lowest BCUT2D eigenvalue weighted by molar-refractivity contribution is 0.546. The Balaban J connectivity index is 1.67. The van der Waals surface area contributed by atoms with Crippen LogP contribution in [0.1, 0.15) is 36.3 Å². The van der Waals surface area contributed by atoms with Crippen molar-refractivity contribution in [3.63, 3.8) is 0 Å². The summed E-state index contributed by atoms with van der Waals surface area (Å²) < 4.78 is 3.10. The smallest absolute Gasteiger partial charge is 0.0521 e. The van der Waals surface area contributed by atoms with Crippen LogP contribution in [0.15, 0.2) is 41.1 Å². The second-order valence-electron chi connectivity index (χ2n) is 5.96. The first-order valence-electron chi connectivity index (χ1n) is 7.67. The highest BCUT2D eigenvalue weighted by molar-refractivity contribution is 9.10. The van der Waals surface area contributed by atoms with Crippen LogP contribution in [0.2, 0.25) is 0 Å². The van der Waals surface area contributed by atoms with Crippen molar-refractivity contribution in [1.29, 1.82) is 0 Å². The summed E-state index contributed by atoms with van der Waals surface area (Å²) >= 11 is 3.71. The second-order valence-corrected chi connectivity index (χ2v) is 6.82. The van der Waals surface area contributed by atoms with Crippen molar-refractivity contribution < 1.29 is 0 Å². The lowest BCUT2D eigenvalue weighted by Crippen LogP contribution is -2.24. The molecular formula is C17H22BrN3. The second kappa shape index (κ2) is 6.75. The zero-order valence-electron chi connectivity index (χ0n) is 12.4. The molecular weight excluding hydrogens is 326 g/mol. The molecule has 1 saturated carbocycles. The molecule has 1 unspecified atom stereocenters. The van der Waals surface area contributed by atoms with Crippen LogP contribution in [-0.4, -0.2) is 22.4 Å². The summed E-state index contributed by atoms with van der Waals surface area (Å²) in [4.78, 5) is 0. The fourth-order valence-electron chi connectivity index (χ4n) is 2.71. The Morgan fingerprint density at radius 2 is 2.19 bits per heavy atom. The van der Waals surface area contributed by atoms with Gasteiger partial charge in [0.25, 0.3) is 0 Å². The number of nitrogens with one attached hydrogen (secondary N) is 1. The first-order chi connectivity index (χ1) is 10.2. The zero-order valence-corrected chi connectivity index (χ0v) is 14.0. The van der Waals surface area contributed by atoms with Gasteiger partial charge in [0.1, 0.15) is 0 Å². The number of halogens is 1. The summed E-state index contributed by atoms with van der Waals surface area (Å²) in [5.41, 5.74) is 2.73. The minimum atomic E-state index is 0.543. The van der Waals surface area contributed by atoms with Crippen molar-refractivity contribution in [3.05, 3.63) is 52.3 Å². The van der Waals surface area contributed by atoms with Gasteiger partial charge in [-0.3, -0.25) is 4.68 Å². The van der Waals surface area contributed by atoms with E-state index in [4.69, 9.17) is 0 Å². The van der Waals surface area contributed by atoms with Gasteiger partial charge in [-0.1, -0.05) is 34.1 Å². The van der Waals surface area contributed by atoms with E-state index in [0.29, 0.717) is 5.92 Å². The lowest BCUT2D eigenvalue weighted by Gasteiger charge is -2.19. The van der Waals surface area contributed by atoms with Crippen LogP contribution < -0.4 is 5.32 Å². The summed E-state index contributed by atoms with van der Waals surface area (Å²) in [6.45, 7) is 1.06. The molecule has 112 valence electrons. The molecule has 3 nitrogen and oxygen atoms in total. The van der Waals surface area contributed by atoms with Crippen LogP contribution in [0.4, 0.5) is 0 Å². The Morgan fingerprint density at radius 3 is 2.86 bits per heavy atom. The van der Waals surface area contributed by atoms with Crippen LogP contribution >= 0.6 is 15.9 Å². The fraction of sp³-hybridized carbons (Fsp3) is 0.471. The normalized spacial score (nSPS) is 16.1. The monoisotopic (exact) mass is 347 g/mol. The van der Waals surface area contributed by atoms with E-state index in [1.807, 2.05) is 17.9 Å². The number of hydrogen-bond donors (Lipinski definition) is 1. The van der Waals surface area contributed by atoms with Gasteiger partial charge in [0.05, 0.1) is 6.20 Å². The molecule has 4 heteroatoms. The molecule has 0 bridgehead atoms. The van der Waals surface area contributed by atoms with E-state index < -0.39 is 0 Å². The number of nitrogens with zero attached hydrogens (tertiary/aromatic N) is 2. The molecule has 1 aliphatic rings. The summed E-state index contributed by atoms with van der Waals surface area (Å²) in [6, 6.07) is 9.36. The maximum absolute atomic E-state index is 4.26. The summed E-state index contributed by atoms with van der Waals surface area (Å²) in [7, 11) is 1.98. The van der Waals surface area contributed by atoms with Gasteiger partial charge in [-0.05, 0) is 48.8 Å². The molecule has 1 heterocycles.